The molecule has 134 valence electrons. The number of hydrogen-bond acceptors (Lipinski definition) is 6. The molecule has 8 heteroatoms. The molecule has 0 saturated heterocycles. The Morgan fingerprint density at radius 3 is 2.77 bits per heavy atom. The maximum absolute atomic E-state index is 10.8. The van der Waals surface area contributed by atoms with Gasteiger partial charge in [-0.15, -0.1) is 5.10 Å². The van der Waals surface area contributed by atoms with Gasteiger partial charge in [0.1, 0.15) is 17.4 Å². The number of rotatable bonds is 6. The van der Waals surface area contributed by atoms with E-state index >= 15 is 0 Å². The maximum Gasteiger partial charge on any atom is 0.255 e. The number of carbonyl (C=O) groups is 1. The van der Waals surface area contributed by atoms with Crippen LogP contribution in [-0.4, -0.2) is 22.7 Å². The van der Waals surface area contributed by atoms with Gasteiger partial charge in [0.2, 0.25) is 11.8 Å². The number of allylic oxidation sites excluding steroid dienone is 1. The largest absolute Gasteiger partial charge is 0.484 e. The number of amides is 1. The molecule has 8 nitrogen and oxygen atoms in total. The number of H-pyrrole nitrogens is 1. The van der Waals surface area contributed by atoms with Crippen LogP contribution >= 0.6 is 0 Å². The Morgan fingerprint density at radius 2 is 2.15 bits per heavy atom. The van der Waals surface area contributed by atoms with Crippen LogP contribution in [0.2, 0.25) is 0 Å². The third kappa shape index (κ3) is 3.19. The molecule has 5 N–H and O–H groups in total. The molecular weight excluding hydrogens is 334 g/mol. The van der Waals surface area contributed by atoms with E-state index in [0.29, 0.717) is 17.2 Å². The zero-order chi connectivity index (χ0) is 18.7. The van der Waals surface area contributed by atoms with Crippen molar-refractivity contribution >= 4 is 5.91 Å². The minimum absolute atomic E-state index is 0.0496. The number of nitrogens with one attached hydrogen (secondary N) is 1. The lowest BCUT2D eigenvalue weighted by Crippen LogP contribution is -2.21. The van der Waals surface area contributed by atoms with E-state index in [1.807, 2.05) is 12.1 Å². The molecule has 2 aromatic rings. The van der Waals surface area contributed by atoms with Crippen molar-refractivity contribution in [2.45, 2.75) is 25.7 Å². The molecule has 3 rings (SSSR count). The monoisotopic (exact) mass is 353 g/mol. The fourth-order valence-electron chi connectivity index (χ4n) is 2.99. The highest BCUT2D eigenvalue weighted by Crippen LogP contribution is 2.43. The van der Waals surface area contributed by atoms with Crippen LogP contribution in [-0.2, 0) is 11.2 Å². The second kappa shape index (κ2) is 7.19. The highest BCUT2D eigenvalue weighted by Gasteiger charge is 2.34. The lowest BCUT2D eigenvalue weighted by molar-refractivity contribution is -0.119. The molecule has 0 spiro atoms. The highest BCUT2D eigenvalue weighted by atomic mass is 16.5. The van der Waals surface area contributed by atoms with Crippen LogP contribution in [0.4, 0.5) is 0 Å². The molecule has 1 amide bonds. The average molecular weight is 353 g/mol. The Morgan fingerprint density at radius 1 is 1.42 bits per heavy atom. The van der Waals surface area contributed by atoms with Crippen molar-refractivity contribution in [3.05, 3.63) is 52.5 Å². The second-order valence-corrected chi connectivity index (χ2v) is 5.92. The Labute approximate surface area is 150 Å². The summed E-state index contributed by atoms with van der Waals surface area (Å²) in [7, 11) is 0. The van der Waals surface area contributed by atoms with Gasteiger partial charge in [-0.25, -0.2) is 0 Å². The molecule has 1 atom stereocenters. The Kier molecular flexibility index (Phi) is 4.80. The standard InChI is InChI=1S/C18H19N5O3/c1-2-3-13-16-15(12(8-19)17(21)26-18(16)23-22-13)10-4-6-11(7-5-10)25-9-14(20)24/h4-7,15H,2-3,9,21H2,1H3,(H2,20,24)(H,22,23). The first-order valence-corrected chi connectivity index (χ1v) is 8.20. The van der Waals surface area contributed by atoms with Crippen molar-refractivity contribution in [1.82, 2.24) is 10.2 Å². The predicted octanol–water partition coefficient (Wildman–Crippen LogP) is 1.44. The number of fused-ring (bicyclic) bond motifs is 1. The summed E-state index contributed by atoms with van der Waals surface area (Å²) >= 11 is 0. The van der Waals surface area contributed by atoms with Gasteiger partial charge in [-0.3, -0.25) is 9.89 Å². The number of nitriles is 1. The molecule has 2 heterocycles. The fraction of sp³-hybridized carbons (Fsp3) is 0.278. The minimum atomic E-state index is -0.548. The quantitative estimate of drug-likeness (QED) is 0.718. The Balaban J connectivity index is 2.01. The number of carbonyl (C=O) groups excluding carboxylic acids is 1. The molecule has 0 aliphatic carbocycles. The van der Waals surface area contributed by atoms with Crippen LogP contribution < -0.4 is 20.9 Å². The number of aromatic amines is 1. The van der Waals surface area contributed by atoms with E-state index in [2.05, 4.69) is 23.2 Å². The SMILES string of the molecule is CCCc1[nH]nc2c1C(c1ccc(OCC(N)=O)cc1)C(C#N)=C(N)O2. The molecule has 1 aliphatic heterocycles. The van der Waals surface area contributed by atoms with E-state index in [1.165, 1.54) is 0 Å². The van der Waals surface area contributed by atoms with Crippen molar-refractivity contribution in [3.8, 4) is 17.7 Å². The topological polar surface area (TPSA) is 140 Å². The molecule has 1 unspecified atom stereocenters. The lowest BCUT2D eigenvalue weighted by atomic mass is 9.83. The molecular formula is C18H19N5O3. The van der Waals surface area contributed by atoms with Crippen LogP contribution in [0.5, 0.6) is 11.6 Å². The van der Waals surface area contributed by atoms with E-state index in [1.54, 1.807) is 12.1 Å². The zero-order valence-corrected chi connectivity index (χ0v) is 14.3. The first kappa shape index (κ1) is 17.4. The second-order valence-electron chi connectivity index (χ2n) is 5.92. The van der Waals surface area contributed by atoms with E-state index in [4.69, 9.17) is 20.9 Å². The molecule has 0 saturated carbocycles. The van der Waals surface area contributed by atoms with Crippen LogP contribution in [0.1, 0.15) is 36.1 Å². The van der Waals surface area contributed by atoms with E-state index in [0.717, 1.165) is 29.7 Å². The van der Waals surface area contributed by atoms with Gasteiger partial charge in [0, 0.05) is 11.3 Å². The van der Waals surface area contributed by atoms with E-state index in [-0.39, 0.29) is 18.4 Å². The van der Waals surface area contributed by atoms with Gasteiger partial charge in [-0.05, 0) is 24.1 Å². The number of hydrogen-bond donors (Lipinski definition) is 3. The van der Waals surface area contributed by atoms with Crippen molar-refractivity contribution in [2.24, 2.45) is 11.5 Å². The summed E-state index contributed by atoms with van der Waals surface area (Å²) in [5.74, 6) is 0.0244. The third-order valence-electron chi connectivity index (χ3n) is 4.11. The first-order chi connectivity index (χ1) is 12.5. The maximum atomic E-state index is 10.8. The molecule has 0 fully saturated rings. The zero-order valence-electron chi connectivity index (χ0n) is 14.3. The van der Waals surface area contributed by atoms with Gasteiger partial charge < -0.3 is 20.9 Å². The lowest BCUT2D eigenvalue weighted by Gasteiger charge is -2.24. The van der Waals surface area contributed by atoms with Crippen molar-refractivity contribution in [3.63, 3.8) is 0 Å². The summed E-state index contributed by atoms with van der Waals surface area (Å²) in [6.07, 6.45) is 1.70. The van der Waals surface area contributed by atoms with Crippen molar-refractivity contribution in [2.75, 3.05) is 6.61 Å². The van der Waals surface area contributed by atoms with Gasteiger partial charge in [0.05, 0.1) is 5.92 Å². The van der Waals surface area contributed by atoms with Crippen LogP contribution in [0.3, 0.4) is 0 Å². The van der Waals surface area contributed by atoms with E-state index in [9.17, 15) is 10.1 Å². The van der Waals surface area contributed by atoms with E-state index < -0.39 is 5.91 Å². The number of aromatic nitrogens is 2. The molecule has 26 heavy (non-hydrogen) atoms. The summed E-state index contributed by atoms with van der Waals surface area (Å²) in [6.45, 7) is 1.87. The number of ether oxygens (including phenoxy) is 2. The first-order valence-electron chi connectivity index (χ1n) is 8.20. The Hall–Kier alpha value is -3.47. The fourth-order valence-corrected chi connectivity index (χ4v) is 2.99. The number of primary amides is 1. The smallest absolute Gasteiger partial charge is 0.255 e. The molecule has 0 bridgehead atoms. The highest BCUT2D eigenvalue weighted by molar-refractivity contribution is 5.75. The molecule has 0 radical (unpaired) electrons. The summed E-state index contributed by atoms with van der Waals surface area (Å²) in [4.78, 5) is 10.8. The minimum Gasteiger partial charge on any atom is -0.484 e. The van der Waals surface area contributed by atoms with Gasteiger partial charge in [0.15, 0.2) is 6.61 Å². The summed E-state index contributed by atoms with van der Waals surface area (Å²) in [5, 5.41) is 16.8. The van der Waals surface area contributed by atoms with Crippen LogP contribution in [0, 0.1) is 11.3 Å². The van der Waals surface area contributed by atoms with Crippen molar-refractivity contribution < 1.29 is 14.3 Å². The normalized spacial score (nSPS) is 15.8. The van der Waals surface area contributed by atoms with Gasteiger partial charge in [-0.2, -0.15) is 5.26 Å². The van der Waals surface area contributed by atoms with Gasteiger partial charge >= 0.3 is 0 Å². The van der Waals surface area contributed by atoms with Crippen LogP contribution in [0.15, 0.2) is 35.7 Å². The summed E-state index contributed by atoms with van der Waals surface area (Å²) < 4.78 is 10.8. The number of nitrogens with two attached hydrogens (primary N) is 2. The number of nitrogens with zero attached hydrogens (tertiary/aromatic N) is 2. The predicted molar refractivity (Wildman–Crippen MR) is 93.0 cm³/mol. The Bertz CT molecular complexity index is 893. The van der Waals surface area contributed by atoms with Crippen LogP contribution in [0.25, 0.3) is 0 Å². The average Bonchev–Trinajstić information content (AvgIpc) is 3.02. The van der Waals surface area contributed by atoms with Crippen molar-refractivity contribution in [1.29, 1.82) is 5.26 Å². The van der Waals surface area contributed by atoms with Gasteiger partial charge in [-0.1, -0.05) is 25.5 Å². The summed E-state index contributed by atoms with van der Waals surface area (Å²) in [6, 6.07) is 9.24. The number of aryl methyl sites for hydroxylation is 1. The molecule has 1 aromatic heterocycles. The number of benzene rings is 1. The van der Waals surface area contributed by atoms with Gasteiger partial charge in [0.25, 0.3) is 5.91 Å². The molecule has 1 aromatic carbocycles. The molecule has 1 aliphatic rings. The third-order valence-corrected chi connectivity index (χ3v) is 4.11. The summed E-state index contributed by atoms with van der Waals surface area (Å²) in [5.41, 5.74) is 13.9.